The third-order valence-electron chi connectivity index (χ3n) is 3.92. The van der Waals surface area contributed by atoms with Gasteiger partial charge in [0, 0.05) is 23.2 Å². The predicted molar refractivity (Wildman–Crippen MR) is 92.4 cm³/mol. The van der Waals surface area contributed by atoms with Gasteiger partial charge in [0.05, 0.1) is 18.3 Å². The second-order valence-electron chi connectivity index (χ2n) is 5.51. The minimum absolute atomic E-state index is 0.00787. The number of aliphatic hydroxyl groups is 1. The maximum absolute atomic E-state index is 12.7. The summed E-state index contributed by atoms with van der Waals surface area (Å²) in [5.41, 5.74) is 0.386. The van der Waals surface area contributed by atoms with E-state index in [1.54, 1.807) is 0 Å². The summed E-state index contributed by atoms with van der Waals surface area (Å²) >= 11 is 0. The fraction of sp³-hybridized carbons (Fsp3) is 0.684. The molecule has 0 aromatic carbocycles. The minimum Gasteiger partial charge on any atom is -0.489 e. The Labute approximate surface area is 154 Å². The maximum Gasteiger partial charge on any atom is 0.228 e. The third-order valence-corrected chi connectivity index (χ3v) is 3.92. The van der Waals surface area contributed by atoms with Crippen molar-refractivity contribution in [1.82, 2.24) is 0 Å². The quantitative estimate of drug-likeness (QED) is 0.433. The number of Topliss-reactive ketones (excluding diaryl/α,β-unsaturated/α-hetero) is 2. The Bertz CT molecular complexity index is 738. The molecule has 0 heterocycles. The van der Waals surface area contributed by atoms with Gasteiger partial charge >= 0.3 is 0 Å². The van der Waals surface area contributed by atoms with Crippen molar-refractivity contribution in [2.75, 3.05) is 20.8 Å². The summed E-state index contributed by atoms with van der Waals surface area (Å²) < 4.78 is 61.6. The Kier molecular flexibility index (Phi) is 5.44. The first-order valence-corrected chi connectivity index (χ1v) is 8.06. The first-order chi connectivity index (χ1) is 14.2. The third kappa shape index (κ3) is 5.48. The number of hydrogen-bond acceptors (Lipinski definition) is 5. The molecule has 0 atom stereocenters. The van der Waals surface area contributed by atoms with Gasteiger partial charge in [0.25, 0.3) is 0 Å². The number of methoxy groups -OCH3 is 2. The van der Waals surface area contributed by atoms with E-state index >= 15 is 0 Å². The van der Waals surface area contributed by atoms with Gasteiger partial charge in [-0.2, -0.15) is 0 Å². The van der Waals surface area contributed by atoms with Crippen LogP contribution in [0.2, 0.25) is 0 Å². The van der Waals surface area contributed by atoms with E-state index in [9.17, 15) is 9.59 Å². The summed E-state index contributed by atoms with van der Waals surface area (Å²) in [5.74, 6) is -2.28. The number of ketones is 2. The van der Waals surface area contributed by atoms with Crippen LogP contribution in [0, 0.1) is 0 Å². The van der Waals surface area contributed by atoms with Crippen molar-refractivity contribution in [1.29, 1.82) is 0 Å². The molecule has 0 saturated heterocycles. The molecule has 0 amide bonds. The zero-order valence-electron chi connectivity index (χ0n) is 21.2. The summed E-state index contributed by atoms with van der Waals surface area (Å²) in [6.07, 6.45) is -0.974. The number of hydrogen-bond donors (Lipinski definition) is 1. The molecule has 0 aromatic rings. The molecule has 0 fully saturated rings. The highest BCUT2D eigenvalue weighted by molar-refractivity contribution is 6.23. The van der Waals surface area contributed by atoms with E-state index in [1.807, 2.05) is 0 Å². The van der Waals surface area contributed by atoms with Crippen LogP contribution in [-0.2, 0) is 19.1 Å². The van der Waals surface area contributed by atoms with Gasteiger partial charge in [-0.05, 0) is 26.1 Å². The molecule has 0 bridgehead atoms. The lowest BCUT2D eigenvalue weighted by Crippen LogP contribution is -2.25. The SMILES string of the molecule is [2H]C([2H])([2H])OC1=C(OC)C(=O)C(CCCCCCCC([2H])([2H])C([2H])([2H])CO)=C(C)C1=O. The molecule has 136 valence electrons. The van der Waals surface area contributed by atoms with Gasteiger partial charge in [0.2, 0.25) is 23.1 Å². The van der Waals surface area contributed by atoms with Crippen LogP contribution in [0.15, 0.2) is 22.7 Å². The molecule has 1 rings (SSSR count). The molecule has 0 saturated carbocycles. The van der Waals surface area contributed by atoms with Gasteiger partial charge in [-0.3, -0.25) is 9.59 Å². The van der Waals surface area contributed by atoms with Crippen LogP contribution in [0.5, 0.6) is 0 Å². The second kappa shape index (κ2) is 11.0. The summed E-state index contributed by atoms with van der Waals surface area (Å²) in [6, 6.07) is 0. The molecule has 24 heavy (non-hydrogen) atoms. The number of ether oxygens (including phenoxy) is 2. The molecule has 0 radical (unpaired) electrons. The zero-order valence-corrected chi connectivity index (χ0v) is 14.2. The van der Waals surface area contributed by atoms with E-state index < -0.39 is 49.5 Å². The lowest BCUT2D eigenvalue weighted by molar-refractivity contribution is -0.121. The van der Waals surface area contributed by atoms with Crippen molar-refractivity contribution in [2.24, 2.45) is 0 Å². The highest BCUT2D eigenvalue weighted by atomic mass is 16.5. The Hall–Kier alpha value is -1.62. The molecular formula is C19H30O5. The molecule has 5 heteroatoms. The lowest BCUT2D eigenvalue weighted by atomic mass is 9.89. The molecule has 0 aliphatic heterocycles. The van der Waals surface area contributed by atoms with Gasteiger partial charge < -0.3 is 14.6 Å². The molecule has 0 aromatic heterocycles. The Morgan fingerprint density at radius 3 is 2.21 bits per heavy atom. The highest BCUT2D eigenvalue weighted by Gasteiger charge is 2.34. The summed E-state index contributed by atoms with van der Waals surface area (Å²) in [7, 11) is -1.72. The van der Waals surface area contributed by atoms with E-state index in [1.165, 1.54) is 14.0 Å². The number of carbonyl (C=O) groups is 2. The van der Waals surface area contributed by atoms with Crippen molar-refractivity contribution in [3.63, 3.8) is 0 Å². The van der Waals surface area contributed by atoms with Gasteiger partial charge in [-0.25, -0.2) is 0 Å². The lowest BCUT2D eigenvalue weighted by Gasteiger charge is -2.20. The van der Waals surface area contributed by atoms with Gasteiger partial charge in [-0.1, -0.05) is 38.5 Å². The van der Waals surface area contributed by atoms with Crippen LogP contribution < -0.4 is 0 Å². The Morgan fingerprint density at radius 1 is 0.958 bits per heavy atom. The van der Waals surface area contributed by atoms with E-state index in [-0.39, 0.29) is 17.6 Å². The first kappa shape index (κ1) is 11.9. The molecule has 1 N–H and O–H groups in total. The summed E-state index contributed by atoms with van der Waals surface area (Å²) in [5, 5.41) is 8.98. The zero-order chi connectivity index (χ0) is 24.0. The number of carbonyl (C=O) groups excluding carboxylic acids is 2. The van der Waals surface area contributed by atoms with Crippen molar-refractivity contribution in [2.45, 2.75) is 64.6 Å². The van der Waals surface area contributed by atoms with Crippen LogP contribution >= 0.6 is 0 Å². The second-order valence-corrected chi connectivity index (χ2v) is 5.51. The van der Waals surface area contributed by atoms with E-state index in [0.29, 0.717) is 32.1 Å². The Morgan fingerprint density at radius 2 is 1.58 bits per heavy atom. The summed E-state index contributed by atoms with van der Waals surface area (Å²) in [4.78, 5) is 25.1. The minimum atomic E-state index is -2.89. The number of rotatable bonds is 12. The van der Waals surface area contributed by atoms with Crippen molar-refractivity contribution in [3.05, 3.63) is 22.7 Å². The smallest absolute Gasteiger partial charge is 0.228 e. The largest absolute Gasteiger partial charge is 0.489 e. The highest BCUT2D eigenvalue weighted by Crippen LogP contribution is 2.28. The fourth-order valence-corrected chi connectivity index (χ4v) is 2.59. The average molecular weight is 345 g/mol. The van der Waals surface area contributed by atoms with Crippen LogP contribution in [0.25, 0.3) is 0 Å². The van der Waals surface area contributed by atoms with Gasteiger partial charge in [0.1, 0.15) is 0 Å². The number of unbranched alkanes of at least 4 members (excludes halogenated alkanes) is 4. The summed E-state index contributed by atoms with van der Waals surface area (Å²) in [6.45, 7) is 0.570. The van der Waals surface area contributed by atoms with Crippen LogP contribution in [0.3, 0.4) is 0 Å². The van der Waals surface area contributed by atoms with Crippen molar-refractivity contribution >= 4 is 11.6 Å². The standard InChI is InChI=1S/C19H30O5/c1-14-15(12-10-8-6-4-5-7-9-11-13-20)17(22)19(24-3)18(23-2)16(14)21/h20H,4-13H2,1-3H3/i2D3,9D2,11D2. The number of aliphatic hydroxyl groups excluding tert-OH is 1. The monoisotopic (exact) mass is 345 g/mol. The average Bonchev–Trinajstić information content (AvgIpc) is 2.66. The molecule has 0 unspecified atom stereocenters. The fourth-order valence-electron chi connectivity index (χ4n) is 2.59. The predicted octanol–water partition coefficient (Wildman–Crippen LogP) is 3.46. The molecule has 0 spiro atoms. The Balaban J connectivity index is 2.58. The van der Waals surface area contributed by atoms with Gasteiger partial charge in [0.15, 0.2) is 0 Å². The van der Waals surface area contributed by atoms with E-state index in [2.05, 4.69) is 4.74 Å². The molecular weight excluding hydrogens is 308 g/mol. The van der Waals surface area contributed by atoms with Crippen molar-refractivity contribution in [3.8, 4) is 0 Å². The van der Waals surface area contributed by atoms with Gasteiger partial charge in [-0.15, -0.1) is 0 Å². The topological polar surface area (TPSA) is 72.8 Å². The first-order valence-electron chi connectivity index (χ1n) is 11.6. The maximum atomic E-state index is 12.7. The molecule has 1 aliphatic carbocycles. The van der Waals surface area contributed by atoms with Crippen LogP contribution in [-0.4, -0.2) is 37.4 Å². The van der Waals surface area contributed by atoms with Crippen LogP contribution in [0.1, 0.15) is 74.2 Å². The normalized spacial score (nSPS) is 21.4. The van der Waals surface area contributed by atoms with E-state index in [0.717, 1.165) is 6.42 Å². The number of allylic oxidation sites excluding steroid dienone is 2. The molecule has 5 nitrogen and oxygen atoms in total. The van der Waals surface area contributed by atoms with Crippen molar-refractivity contribution < 1.29 is 33.8 Å². The van der Waals surface area contributed by atoms with E-state index in [4.69, 9.17) is 19.4 Å². The molecule has 1 aliphatic rings. The van der Waals surface area contributed by atoms with Crippen LogP contribution in [0.4, 0.5) is 0 Å².